The molecule has 1 atom stereocenters. The molecule has 3 aromatic rings. The largest absolute Gasteiger partial charge is 0.339 e. The molecule has 6 heteroatoms. The van der Waals surface area contributed by atoms with Gasteiger partial charge in [-0.1, -0.05) is 19.1 Å². The van der Waals surface area contributed by atoms with Gasteiger partial charge in [0.15, 0.2) is 0 Å². The number of piperazine rings is 1. The molecule has 0 bridgehead atoms. The van der Waals surface area contributed by atoms with Crippen LogP contribution in [0.5, 0.6) is 0 Å². The Bertz CT molecular complexity index is 1060. The maximum absolute atomic E-state index is 12.9. The summed E-state index contributed by atoms with van der Waals surface area (Å²) in [4.78, 5) is 28.0. The van der Waals surface area contributed by atoms with Crippen LogP contribution in [0.15, 0.2) is 54.7 Å². The molecule has 2 aromatic carbocycles. The summed E-state index contributed by atoms with van der Waals surface area (Å²) < 4.78 is 2.13. The first-order valence-corrected chi connectivity index (χ1v) is 10.4. The lowest BCUT2D eigenvalue weighted by Crippen LogP contribution is -2.50. The van der Waals surface area contributed by atoms with Gasteiger partial charge in [-0.05, 0) is 54.4 Å². The normalized spacial score (nSPS) is 15.4. The van der Waals surface area contributed by atoms with Crippen molar-refractivity contribution in [3.63, 3.8) is 0 Å². The highest BCUT2D eigenvalue weighted by molar-refractivity contribution is 5.98. The Morgan fingerprint density at radius 2 is 1.63 bits per heavy atom. The van der Waals surface area contributed by atoms with Gasteiger partial charge in [0.2, 0.25) is 5.91 Å². The highest BCUT2D eigenvalue weighted by Crippen LogP contribution is 2.24. The molecule has 2 heterocycles. The number of amides is 2. The third kappa shape index (κ3) is 3.83. The molecule has 0 saturated carbocycles. The Morgan fingerprint density at radius 1 is 0.967 bits per heavy atom. The third-order valence-electron chi connectivity index (χ3n) is 6.04. The first kappa shape index (κ1) is 20.2. The van der Waals surface area contributed by atoms with Crippen LogP contribution in [0.1, 0.15) is 35.7 Å². The van der Waals surface area contributed by atoms with Crippen LogP contribution in [0.3, 0.4) is 0 Å². The van der Waals surface area contributed by atoms with Crippen LogP contribution in [0.4, 0.5) is 0 Å². The molecule has 2 N–H and O–H groups in total. The number of nitrogens with two attached hydrogens (primary N) is 1. The zero-order valence-corrected chi connectivity index (χ0v) is 17.5. The van der Waals surface area contributed by atoms with Crippen molar-refractivity contribution < 1.29 is 9.59 Å². The zero-order chi connectivity index (χ0) is 21.3. The molecule has 2 amide bonds. The molecule has 1 aliphatic heterocycles. The summed E-state index contributed by atoms with van der Waals surface area (Å²) in [5.41, 5.74) is 9.83. The van der Waals surface area contributed by atoms with Crippen molar-refractivity contribution in [2.45, 2.75) is 19.8 Å². The van der Waals surface area contributed by atoms with E-state index in [0.29, 0.717) is 44.2 Å². The van der Waals surface area contributed by atoms with Crippen LogP contribution in [-0.2, 0) is 4.79 Å². The number of nitrogens with zero attached hydrogens (tertiary/aromatic N) is 3. The van der Waals surface area contributed by atoms with Gasteiger partial charge in [0.1, 0.15) is 0 Å². The van der Waals surface area contributed by atoms with Gasteiger partial charge in [-0.15, -0.1) is 0 Å². The maximum atomic E-state index is 12.9. The van der Waals surface area contributed by atoms with Gasteiger partial charge in [-0.3, -0.25) is 9.59 Å². The SMILES string of the molecule is CC(=O)N1CCN(C(=O)c2ccc3c(ccn3-c3ccc(C(C)CN)cc3)c2)CC1. The van der Waals surface area contributed by atoms with Crippen LogP contribution in [-0.4, -0.2) is 58.9 Å². The quantitative estimate of drug-likeness (QED) is 0.727. The van der Waals surface area contributed by atoms with Gasteiger partial charge in [-0.2, -0.15) is 0 Å². The molecular formula is C24H28N4O2. The van der Waals surface area contributed by atoms with E-state index >= 15 is 0 Å². The highest BCUT2D eigenvalue weighted by Gasteiger charge is 2.23. The number of rotatable bonds is 4. The van der Waals surface area contributed by atoms with Crippen LogP contribution >= 0.6 is 0 Å². The fraction of sp³-hybridized carbons (Fsp3) is 0.333. The molecule has 1 saturated heterocycles. The first-order chi connectivity index (χ1) is 14.5. The Balaban J connectivity index is 1.54. The van der Waals surface area contributed by atoms with Crippen molar-refractivity contribution in [1.29, 1.82) is 0 Å². The summed E-state index contributed by atoms with van der Waals surface area (Å²) >= 11 is 0. The number of fused-ring (bicyclic) bond motifs is 1. The second-order valence-electron chi connectivity index (χ2n) is 7.99. The Hall–Kier alpha value is -3.12. The lowest BCUT2D eigenvalue weighted by atomic mass is 10.0. The minimum Gasteiger partial charge on any atom is -0.339 e. The van der Waals surface area contributed by atoms with Gasteiger partial charge in [0.25, 0.3) is 5.91 Å². The second-order valence-corrected chi connectivity index (χ2v) is 7.99. The van der Waals surface area contributed by atoms with Gasteiger partial charge < -0.3 is 20.1 Å². The topological polar surface area (TPSA) is 71.6 Å². The summed E-state index contributed by atoms with van der Waals surface area (Å²) in [6, 6.07) is 16.3. The highest BCUT2D eigenvalue weighted by atomic mass is 16.2. The first-order valence-electron chi connectivity index (χ1n) is 10.4. The van der Waals surface area contributed by atoms with Gasteiger partial charge >= 0.3 is 0 Å². The molecule has 0 aliphatic carbocycles. The van der Waals surface area contributed by atoms with Crippen LogP contribution < -0.4 is 5.73 Å². The minimum atomic E-state index is 0.0213. The Labute approximate surface area is 176 Å². The Kier molecular flexibility index (Phi) is 5.59. The van der Waals surface area contributed by atoms with Crippen LogP contribution in [0.2, 0.25) is 0 Å². The van der Waals surface area contributed by atoms with Crippen LogP contribution in [0, 0.1) is 0 Å². The average molecular weight is 405 g/mol. The third-order valence-corrected chi connectivity index (χ3v) is 6.04. The van der Waals surface area contributed by atoms with Gasteiger partial charge in [-0.25, -0.2) is 0 Å². The maximum Gasteiger partial charge on any atom is 0.253 e. The van der Waals surface area contributed by atoms with Crippen molar-refractivity contribution >= 4 is 22.7 Å². The monoisotopic (exact) mass is 404 g/mol. The number of aromatic nitrogens is 1. The number of carbonyl (C=O) groups is 2. The number of carbonyl (C=O) groups excluding carboxylic acids is 2. The van der Waals surface area contributed by atoms with E-state index < -0.39 is 0 Å². The van der Waals surface area contributed by atoms with Crippen molar-refractivity contribution in [1.82, 2.24) is 14.4 Å². The summed E-state index contributed by atoms with van der Waals surface area (Å²) in [7, 11) is 0. The number of benzene rings is 2. The molecule has 0 radical (unpaired) electrons. The van der Waals surface area contributed by atoms with Crippen molar-refractivity contribution in [3.05, 3.63) is 65.9 Å². The predicted molar refractivity (Wildman–Crippen MR) is 119 cm³/mol. The molecule has 0 spiro atoms. The number of hydrogen-bond acceptors (Lipinski definition) is 3. The van der Waals surface area contributed by atoms with E-state index in [1.807, 2.05) is 35.4 Å². The van der Waals surface area contributed by atoms with E-state index in [1.54, 1.807) is 11.8 Å². The molecule has 1 unspecified atom stereocenters. The summed E-state index contributed by atoms with van der Waals surface area (Å²) in [6.07, 6.45) is 2.03. The molecule has 1 aliphatic rings. The zero-order valence-electron chi connectivity index (χ0n) is 17.5. The molecule has 4 rings (SSSR count). The predicted octanol–water partition coefficient (Wildman–Crippen LogP) is 3.00. The molecule has 1 fully saturated rings. The summed E-state index contributed by atoms with van der Waals surface area (Å²) in [5, 5.41) is 1.03. The van der Waals surface area contributed by atoms with E-state index in [4.69, 9.17) is 5.73 Å². The lowest BCUT2D eigenvalue weighted by molar-refractivity contribution is -0.130. The lowest BCUT2D eigenvalue weighted by Gasteiger charge is -2.34. The molecular weight excluding hydrogens is 376 g/mol. The van der Waals surface area contributed by atoms with E-state index in [2.05, 4.69) is 35.8 Å². The standard InChI is InChI=1S/C24H28N4O2/c1-17(16-25)19-3-6-22(7-4-19)28-10-9-20-15-21(5-8-23(20)28)24(30)27-13-11-26(12-14-27)18(2)29/h3-10,15,17H,11-14,16,25H2,1-2H3. The van der Waals surface area contributed by atoms with E-state index in [1.165, 1.54) is 5.56 Å². The summed E-state index contributed by atoms with van der Waals surface area (Å²) in [5.74, 6) is 0.426. The minimum absolute atomic E-state index is 0.0213. The van der Waals surface area contributed by atoms with Crippen molar-refractivity contribution in [2.24, 2.45) is 5.73 Å². The van der Waals surface area contributed by atoms with Gasteiger partial charge in [0.05, 0.1) is 5.52 Å². The van der Waals surface area contributed by atoms with Crippen molar-refractivity contribution in [3.8, 4) is 5.69 Å². The molecule has 156 valence electrons. The number of hydrogen-bond donors (Lipinski definition) is 1. The van der Waals surface area contributed by atoms with E-state index in [-0.39, 0.29) is 11.8 Å². The summed E-state index contributed by atoms with van der Waals surface area (Å²) in [6.45, 7) is 6.67. The van der Waals surface area contributed by atoms with Crippen molar-refractivity contribution in [2.75, 3.05) is 32.7 Å². The van der Waals surface area contributed by atoms with E-state index in [9.17, 15) is 9.59 Å². The smallest absolute Gasteiger partial charge is 0.253 e. The van der Waals surface area contributed by atoms with E-state index in [0.717, 1.165) is 16.6 Å². The average Bonchev–Trinajstić information content (AvgIpc) is 3.21. The Morgan fingerprint density at radius 3 is 2.27 bits per heavy atom. The molecule has 1 aromatic heterocycles. The second kappa shape index (κ2) is 8.32. The molecule has 30 heavy (non-hydrogen) atoms. The fourth-order valence-electron chi connectivity index (χ4n) is 4.01. The molecule has 6 nitrogen and oxygen atoms in total. The fourth-order valence-corrected chi connectivity index (χ4v) is 4.01. The van der Waals surface area contributed by atoms with Crippen LogP contribution in [0.25, 0.3) is 16.6 Å². The van der Waals surface area contributed by atoms with Gasteiger partial charge in [0, 0.05) is 55.9 Å².